The Kier molecular flexibility index (Phi) is 24.1. The molecule has 0 spiro atoms. The van der Waals surface area contributed by atoms with Crippen molar-refractivity contribution in [3.63, 3.8) is 0 Å². The number of phenolic OH excluding ortho intramolecular Hbond substituents is 3. The van der Waals surface area contributed by atoms with Gasteiger partial charge in [0.1, 0.15) is 22.7 Å². The Morgan fingerprint density at radius 2 is 0.667 bits per heavy atom. The molecule has 0 amide bonds. The number of carbonyl (C=O) groups is 3. The number of hydrogen-bond donors (Lipinski definition) is 6. The smallest absolute Gasteiger partial charge is 0.318 e. The fraction of sp³-hybridized carbons (Fsp3) is 0.682. The van der Waals surface area contributed by atoms with Gasteiger partial charge in [0, 0.05) is 6.42 Å². The maximum absolute atomic E-state index is 13.6. The molecule has 0 radical (unpaired) electrons. The van der Waals surface area contributed by atoms with Crippen LogP contribution in [0, 0.1) is 0 Å². The Hall–Kier alpha value is -4.53. The normalized spacial score (nSPS) is 13.3. The maximum Gasteiger partial charge on any atom is 0.318 e. The second kappa shape index (κ2) is 27.2. The zero-order valence-electron chi connectivity index (χ0n) is 50.7. The van der Waals surface area contributed by atoms with E-state index in [0.717, 1.165) is 29.5 Å². The lowest BCUT2D eigenvalue weighted by molar-refractivity contribution is -0.143. The number of hydrogen-bond acceptors (Lipinski definition) is 6. The van der Waals surface area contributed by atoms with Crippen molar-refractivity contribution < 1.29 is 45.0 Å². The minimum absolute atomic E-state index is 0.0323. The van der Waals surface area contributed by atoms with Crippen molar-refractivity contribution in [2.24, 2.45) is 0 Å². The maximum atomic E-state index is 13.6. The van der Waals surface area contributed by atoms with Crippen molar-refractivity contribution in [1.82, 2.24) is 0 Å². The lowest BCUT2D eigenvalue weighted by Crippen LogP contribution is -2.39. The first-order chi connectivity index (χ1) is 34.2. The van der Waals surface area contributed by atoms with Crippen LogP contribution in [0.5, 0.6) is 17.2 Å². The van der Waals surface area contributed by atoms with Crippen molar-refractivity contribution in [3.05, 3.63) is 86.5 Å². The first kappa shape index (κ1) is 66.6. The third-order valence-electron chi connectivity index (χ3n) is 15.0. The molecule has 0 aromatic heterocycles. The first-order valence-electron chi connectivity index (χ1n) is 28.6. The van der Waals surface area contributed by atoms with Crippen LogP contribution >= 0.6 is 0 Å². The summed E-state index contributed by atoms with van der Waals surface area (Å²) in [6, 6.07) is 11.0. The molecule has 3 aromatic carbocycles. The van der Waals surface area contributed by atoms with Gasteiger partial charge in [-0.25, -0.2) is 0 Å². The summed E-state index contributed by atoms with van der Waals surface area (Å²) < 4.78 is 0. The van der Waals surface area contributed by atoms with E-state index in [-0.39, 0.29) is 41.6 Å². The molecule has 3 aromatic rings. The molecule has 6 N–H and O–H groups in total. The molecule has 0 aliphatic carbocycles. The summed E-state index contributed by atoms with van der Waals surface area (Å²) >= 11 is 0. The van der Waals surface area contributed by atoms with Crippen LogP contribution in [-0.4, -0.2) is 48.5 Å². The topological polar surface area (TPSA) is 173 Å². The molecule has 1 unspecified atom stereocenters. The molecule has 0 heterocycles. The molecule has 424 valence electrons. The lowest BCUT2D eigenvalue weighted by atomic mass is 9.66. The van der Waals surface area contributed by atoms with Gasteiger partial charge in [-0.15, -0.1) is 0 Å². The number of phenols is 3. The van der Waals surface area contributed by atoms with Gasteiger partial charge in [0.2, 0.25) is 0 Å². The predicted octanol–water partition coefficient (Wildman–Crippen LogP) is 17.9. The summed E-state index contributed by atoms with van der Waals surface area (Å²) in [4.78, 5) is 37.4. The van der Waals surface area contributed by atoms with Crippen LogP contribution in [0.15, 0.2) is 36.4 Å². The van der Waals surface area contributed by atoms with E-state index in [1.54, 1.807) is 24.3 Å². The van der Waals surface area contributed by atoms with E-state index in [1.807, 2.05) is 95.2 Å². The Balaban J connectivity index is 0.000000518. The van der Waals surface area contributed by atoms with E-state index in [0.29, 0.717) is 45.6 Å². The van der Waals surface area contributed by atoms with E-state index >= 15 is 0 Å². The summed E-state index contributed by atoms with van der Waals surface area (Å²) in [7, 11) is 0. The molecule has 0 saturated heterocycles. The first-order valence-corrected chi connectivity index (χ1v) is 28.6. The Morgan fingerprint density at radius 3 is 0.907 bits per heavy atom. The molecule has 75 heavy (non-hydrogen) atoms. The fourth-order valence-electron chi connectivity index (χ4n) is 10.3. The average molecular weight is 1040 g/mol. The van der Waals surface area contributed by atoms with Gasteiger partial charge in [0.25, 0.3) is 0 Å². The quantitative estimate of drug-likeness (QED) is 0.0478. The Bertz CT molecular complexity index is 2140. The van der Waals surface area contributed by atoms with Crippen molar-refractivity contribution in [3.8, 4) is 17.2 Å². The number of aliphatic carboxylic acids is 3. The molecule has 0 bridgehead atoms. The summed E-state index contributed by atoms with van der Waals surface area (Å²) in [6.07, 6.45) is 18.8. The number of rotatable bonds is 24. The number of benzene rings is 3. The van der Waals surface area contributed by atoms with Crippen LogP contribution in [0.3, 0.4) is 0 Å². The predicted molar refractivity (Wildman–Crippen MR) is 312 cm³/mol. The van der Waals surface area contributed by atoms with Crippen LogP contribution in [-0.2, 0) is 52.3 Å². The van der Waals surface area contributed by atoms with Crippen LogP contribution in [0.2, 0.25) is 0 Å². The van der Waals surface area contributed by atoms with Gasteiger partial charge in [-0.05, 0) is 102 Å². The van der Waals surface area contributed by atoms with Gasteiger partial charge in [0.15, 0.2) is 0 Å². The lowest BCUT2D eigenvalue weighted by Gasteiger charge is -2.37. The Morgan fingerprint density at radius 1 is 0.400 bits per heavy atom. The van der Waals surface area contributed by atoms with Crippen LogP contribution in [0.25, 0.3) is 0 Å². The molecule has 3 rings (SSSR count). The van der Waals surface area contributed by atoms with E-state index in [2.05, 4.69) is 48.5 Å². The highest BCUT2D eigenvalue weighted by Gasteiger charge is 2.46. The van der Waals surface area contributed by atoms with E-state index in [1.165, 1.54) is 77.0 Å². The number of carboxylic acids is 3. The molecule has 9 nitrogen and oxygen atoms in total. The third kappa shape index (κ3) is 19.2. The molecule has 1 atom stereocenters. The van der Waals surface area contributed by atoms with Crippen molar-refractivity contribution in [1.29, 1.82) is 0 Å². The number of unbranched alkanes of at least 4 members (excludes halogenated alkanes) is 13. The van der Waals surface area contributed by atoms with Crippen LogP contribution in [0.1, 0.15) is 303 Å². The molecule has 0 saturated carbocycles. The second-order valence-corrected chi connectivity index (χ2v) is 28.0. The summed E-state index contributed by atoms with van der Waals surface area (Å²) in [5, 5.41) is 64.4. The Labute approximate surface area is 455 Å². The summed E-state index contributed by atoms with van der Waals surface area (Å²) in [5.41, 5.74) is 1.91. The standard InChI is InChI=1S/C34H50O6.C32H56O3/c1-30(2,3)22-16-20(17-23(27(22)37)31(4,5)6)34(29(39)40,15-13-14-26(35)36)21-18-24(32(7,8)9)28(38)25(19-21)33(10,11)12;1-8-9-10-11-12-13-14-15-16-17-18-19-20-21-22-26(30(34)35)25-23-27(31(2,3)4)29(33)28(24-25)32(5,6)7/h16-19,37-38H,13-15H2,1-12H3,(H,35,36)(H,39,40);23-24,26,33H,8-22H2,1-7H3,(H,34,35). The highest BCUT2D eigenvalue weighted by Crippen LogP contribution is 2.49. The van der Waals surface area contributed by atoms with Crippen molar-refractivity contribution in [2.45, 2.75) is 291 Å². The average Bonchev–Trinajstić information content (AvgIpc) is 3.24. The third-order valence-corrected chi connectivity index (χ3v) is 15.0. The second-order valence-electron chi connectivity index (χ2n) is 28.0. The van der Waals surface area contributed by atoms with E-state index < -0.39 is 50.9 Å². The zero-order chi connectivity index (χ0) is 57.7. The SMILES string of the molecule is CC(C)(C)c1cc(C(CCCC(=O)O)(C(=O)O)c2cc(C(C)(C)C)c(O)c(C(C)(C)C)c2)cc(C(C)(C)C)c1O.CCCCCCCCCCCCCCCCC(C(=O)O)c1cc(C(C)(C)C)c(O)c(C(C)(C)C)c1. The molecular weight excluding hydrogens is 937 g/mol. The number of carboxylic acid groups (broad SMARTS) is 3. The molecule has 0 fully saturated rings. The van der Waals surface area contributed by atoms with Crippen molar-refractivity contribution >= 4 is 17.9 Å². The van der Waals surface area contributed by atoms with Gasteiger partial charge >= 0.3 is 17.9 Å². The zero-order valence-corrected chi connectivity index (χ0v) is 50.7. The minimum atomic E-state index is -1.63. The monoisotopic (exact) mass is 1040 g/mol. The van der Waals surface area contributed by atoms with Crippen LogP contribution in [0.4, 0.5) is 0 Å². The molecule has 0 aliphatic rings. The van der Waals surface area contributed by atoms with E-state index in [9.17, 15) is 45.0 Å². The van der Waals surface area contributed by atoms with Crippen LogP contribution < -0.4 is 0 Å². The molecule has 0 aliphatic heterocycles. The fourth-order valence-corrected chi connectivity index (χ4v) is 10.3. The molecular formula is C66H106O9. The summed E-state index contributed by atoms with van der Waals surface area (Å²) in [6.45, 7) is 38.4. The highest BCUT2D eigenvalue weighted by molar-refractivity contribution is 5.87. The van der Waals surface area contributed by atoms with Gasteiger partial charge < -0.3 is 30.6 Å². The minimum Gasteiger partial charge on any atom is -0.507 e. The highest BCUT2D eigenvalue weighted by atomic mass is 16.4. The van der Waals surface area contributed by atoms with Gasteiger partial charge in [0.05, 0.1) is 5.92 Å². The van der Waals surface area contributed by atoms with Gasteiger partial charge in [-0.3, -0.25) is 14.4 Å². The van der Waals surface area contributed by atoms with Crippen molar-refractivity contribution in [2.75, 3.05) is 0 Å². The summed E-state index contributed by atoms with van der Waals surface area (Å²) in [5.74, 6) is -2.77. The largest absolute Gasteiger partial charge is 0.507 e. The van der Waals surface area contributed by atoms with Gasteiger partial charge in [-0.1, -0.05) is 258 Å². The van der Waals surface area contributed by atoms with Gasteiger partial charge in [-0.2, -0.15) is 0 Å². The van der Waals surface area contributed by atoms with E-state index in [4.69, 9.17) is 0 Å². The molecule has 9 heteroatoms. The number of aromatic hydroxyl groups is 3.